The number of ether oxygens (including phenoxy) is 2. The number of anilines is 1. The Bertz CT molecular complexity index is 806. The lowest BCUT2D eigenvalue weighted by Crippen LogP contribution is -2.12. The molecule has 0 spiro atoms. The molecule has 0 aliphatic heterocycles. The van der Waals surface area contributed by atoms with Gasteiger partial charge in [-0.15, -0.1) is 0 Å². The van der Waals surface area contributed by atoms with Gasteiger partial charge in [-0.1, -0.05) is 18.2 Å². The summed E-state index contributed by atoms with van der Waals surface area (Å²) in [5.41, 5.74) is 2.09. The lowest BCUT2D eigenvalue weighted by molar-refractivity contribution is 0.102. The van der Waals surface area contributed by atoms with Crippen LogP contribution in [0.2, 0.25) is 0 Å². The summed E-state index contributed by atoms with van der Waals surface area (Å²) in [6.07, 6.45) is 0. The number of para-hydroxylation sites is 1. The lowest BCUT2D eigenvalue weighted by atomic mass is 10.2. The zero-order valence-electron chi connectivity index (χ0n) is 13.1. The zero-order chi connectivity index (χ0) is 16.2. The number of hydrogen-bond donors (Lipinski definition) is 2. The fraction of sp³-hybridized carbons (Fsp3) is 0.167. The van der Waals surface area contributed by atoms with E-state index in [1.165, 1.54) is 0 Å². The molecule has 0 radical (unpaired) electrons. The predicted molar refractivity (Wildman–Crippen MR) is 90.4 cm³/mol. The minimum absolute atomic E-state index is 0.201. The van der Waals surface area contributed by atoms with Crippen LogP contribution in [0.4, 0.5) is 5.69 Å². The SMILES string of the molecule is CCOc1ccc(NC(=O)c2cc3ccccc3[nH]2)cc1OC. The second-order valence-electron chi connectivity index (χ2n) is 5.02. The Morgan fingerprint density at radius 1 is 1.13 bits per heavy atom. The van der Waals surface area contributed by atoms with Crippen molar-refractivity contribution < 1.29 is 14.3 Å². The number of methoxy groups -OCH3 is 1. The molecule has 2 N–H and O–H groups in total. The number of carbonyl (C=O) groups excluding carboxylic acids is 1. The Kier molecular flexibility index (Phi) is 4.19. The smallest absolute Gasteiger partial charge is 0.272 e. The zero-order valence-corrected chi connectivity index (χ0v) is 13.1. The summed E-state index contributed by atoms with van der Waals surface area (Å²) in [6, 6.07) is 14.9. The van der Waals surface area contributed by atoms with Gasteiger partial charge >= 0.3 is 0 Å². The molecule has 3 rings (SSSR count). The van der Waals surface area contributed by atoms with Gasteiger partial charge in [0.05, 0.1) is 13.7 Å². The van der Waals surface area contributed by atoms with E-state index < -0.39 is 0 Å². The maximum atomic E-state index is 12.4. The molecule has 0 fully saturated rings. The van der Waals surface area contributed by atoms with Gasteiger partial charge in [-0.25, -0.2) is 0 Å². The number of nitrogens with one attached hydrogen (secondary N) is 2. The summed E-state index contributed by atoms with van der Waals surface area (Å²) in [6.45, 7) is 2.46. The van der Waals surface area contributed by atoms with Gasteiger partial charge in [0.1, 0.15) is 5.69 Å². The number of aromatic amines is 1. The molecule has 1 amide bonds. The van der Waals surface area contributed by atoms with E-state index in [0.29, 0.717) is 29.5 Å². The molecule has 0 atom stereocenters. The minimum Gasteiger partial charge on any atom is -0.493 e. The minimum atomic E-state index is -0.201. The summed E-state index contributed by atoms with van der Waals surface area (Å²) in [5, 5.41) is 3.86. The molecule has 0 saturated carbocycles. The van der Waals surface area contributed by atoms with Gasteiger partial charge in [-0.2, -0.15) is 0 Å². The second kappa shape index (κ2) is 6.44. The molecule has 1 heterocycles. The number of carbonyl (C=O) groups is 1. The maximum absolute atomic E-state index is 12.4. The molecule has 0 saturated heterocycles. The van der Waals surface area contributed by atoms with Crippen LogP contribution in [-0.4, -0.2) is 24.6 Å². The van der Waals surface area contributed by atoms with Crippen LogP contribution in [0.25, 0.3) is 10.9 Å². The highest BCUT2D eigenvalue weighted by Crippen LogP contribution is 2.30. The van der Waals surface area contributed by atoms with Crippen LogP contribution in [-0.2, 0) is 0 Å². The molecule has 5 nitrogen and oxygen atoms in total. The van der Waals surface area contributed by atoms with Gasteiger partial charge in [-0.3, -0.25) is 4.79 Å². The average Bonchev–Trinajstić information content (AvgIpc) is 3.00. The monoisotopic (exact) mass is 310 g/mol. The van der Waals surface area contributed by atoms with Crippen molar-refractivity contribution in [2.24, 2.45) is 0 Å². The Labute approximate surface area is 134 Å². The number of benzene rings is 2. The average molecular weight is 310 g/mol. The topological polar surface area (TPSA) is 63.3 Å². The third-order valence-electron chi connectivity index (χ3n) is 3.50. The van der Waals surface area contributed by atoms with Crippen molar-refractivity contribution in [2.45, 2.75) is 6.92 Å². The van der Waals surface area contributed by atoms with Gasteiger partial charge in [0.15, 0.2) is 11.5 Å². The van der Waals surface area contributed by atoms with E-state index in [1.807, 2.05) is 37.3 Å². The maximum Gasteiger partial charge on any atom is 0.272 e. The van der Waals surface area contributed by atoms with E-state index in [9.17, 15) is 4.79 Å². The molecule has 118 valence electrons. The summed E-state index contributed by atoms with van der Waals surface area (Å²) >= 11 is 0. The molecule has 23 heavy (non-hydrogen) atoms. The third-order valence-corrected chi connectivity index (χ3v) is 3.50. The van der Waals surface area contributed by atoms with E-state index >= 15 is 0 Å². The standard InChI is InChI=1S/C18H18N2O3/c1-3-23-16-9-8-13(11-17(16)22-2)19-18(21)15-10-12-6-4-5-7-14(12)20-15/h4-11,20H,3H2,1-2H3,(H,19,21). The Hall–Kier alpha value is -2.95. The fourth-order valence-corrected chi connectivity index (χ4v) is 2.41. The van der Waals surface area contributed by atoms with Crippen LogP contribution in [0, 0.1) is 0 Å². The largest absolute Gasteiger partial charge is 0.493 e. The number of rotatable bonds is 5. The number of fused-ring (bicyclic) bond motifs is 1. The number of amides is 1. The molecule has 3 aromatic rings. The molecule has 1 aromatic heterocycles. The van der Waals surface area contributed by atoms with E-state index in [1.54, 1.807) is 25.3 Å². The van der Waals surface area contributed by atoms with E-state index in [-0.39, 0.29) is 5.91 Å². The van der Waals surface area contributed by atoms with Crippen LogP contribution >= 0.6 is 0 Å². The lowest BCUT2D eigenvalue weighted by Gasteiger charge is -2.11. The number of H-pyrrole nitrogens is 1. The molecular formula is C18H18N2O3. The first-order valence-electron chi connectivity index (χ1n) is 7.41. The first-order valence-corrected chi connectivity index (χ1v) is 7.41. The van der Waals surface area contributed by atoms with Crippen molar-refractivity contribution >= 4 is 22.5 Å². The van der Waals surface area contributed by atoms with Gasteiger partial charge < -0.3 is 19.8 Å². The molecule has 0 bridgehead atoms. The van der Waals surface area contributed by atoms with Crippen LogP contribution in [0.15, 0.2) is 48.5 Å². The molecule has 0 aliphatic rings. The quantitative estimate of drug-likeness (QED) is 0.753. The molecular weight excluding hydrogens is 292 g/mol. The van der Waals surface area contributed by atoms with Crippen molar-refractivity contribution in [1.82, 2.24) is 4.98 Å². The highest BCUT2D eigenvalue weighted by Gasteiger charge is 2.11. The van der Waals surface area contributed by atoms with Crippen LogP contribution in [0.1, 0.15) is 17.4 Å². The van der Waals surface area contributed by atoms with Gasteiger partial charge in [0, 0.05) is 22.7 Å². The van der Waals surface area contributed by atoms with Crippen molar-refractivity contribution in [2.75, 3.05) is 19.0 Å². The number of hydrogen-bond acceptors (Lipinski definition) is 3. The van der Waals surface area contributed by atoms with Crippen molar-refractivity contribution in [3.05, 3.63) is 54.2 Å². The van der Waals surface area contributed by atoms with Gasteiger partial charge in [-0.05, 0) is 31.2 Å². The van der Waals surface area contributed by atoms with Crippen molar-refractivity contribution in [3.8, 4) is 11.5 Å². The van der Waals surface area contributed by atoms with Crippen LogP contribution in [0.3, 0.4) is 0 Å². The Morgan fingerprint density at radius 3 is 2.70 bits per heavy atom. The van der Waals surface area contributed by atoms with E-state index in [0.717, 1.165) is 10.9 Å². The molecule has 0 aliphatic carbocycles. The summed E-state index contributed by atoms with van der Waals surface area (Å²) in [5.74, 6) is 1.03. The first-order chi connectivity index (χ1) is 11.2. The second-order valence-corrected chi connectivity index (χ2v) is 5.02. The first kappa shape index (κ1) is 15.0. The van der Waals surface area contributed by atoms with Gasteiger partial charge in [0.25, 0.3) is 5.91 Å². The highest BCUT2D eigenvalue weighted by molar-refractivity contribution is 6.06. The predicted octanol–water partition coefficient (Wildman–Crippen LogP) is 3.83. The Morgan fingerprint density at radius 2 is 1.96 bits per heavy atom. The summed E-state index contributed by atoms with van der Waals surface area (Å²) in [7, 11) is 1.57. The fourth-order valence-electron chi connectivity index (χ4n) is 2.41. The van der Waals surface area contributed by atoms with E-state index in [2.05, 4.69) is 10.3 Å². The molecule has 5 heteroatoms. The summed E-state index contributed by atoms with van der Waals surface area (Å²) in [4.78, 5) is 15.5. The third kappa shape index (κ3) is 3.13. The normalized spacial score (nSPS) is 10.5. The summed E-state index contributed by atoms with van der Waals surface area (Å²) < 4.78 is 10.8. The van der Waals surface area contributed by atoms with Gasteiger partial charge in [0.2, 0.25) is 0 Å². The van der Waals surface area contributed by atoms with Crippen molar-refractivity contribution in [1.29, 1.82) is 0 Å². The molecule has 2 aromatic carbocycles. The van der Waals surface area contributed by atoms with Crippen LogP contribution in [0.5, 0.6) is 11.5 Å². The number of aromatic nitrogens is 1. The van der Waals surface area contributed by atoms with Crippen LogP contribution < -0.4 is 14.8 Å². The van der Waals surface area contributed by atoms with Crippen molar-refractivity contribution in [3.63, 3.8) is 0 Å². The van der Waals surface area contributed by atoms with E-state index in [4.69, 9.17) is 9.47 Å². The molecule has 0 unspecified atom stereocenters. The Balaban J connectivity index is 1.82. The highest BCUT2D eigenvalue weighted by atomic mass is 16.5.